The maximum Gasteiger partial charge on any atom is 0.341 e. The van der Waals surface area contributed by atoms with Crippen molar-refractivity contribution >= 4 is 39.6 Å². The van der Waals surface area contributed by atoms with Crippen LogP contribution >= 0.6 is 23.6 Å². The van der Waals surface area contributed by atoms with Gasteiger partial charge in [0.15, 0.2) is 5.11 Å². The van der Waals surface area contributed by atoms with E-state index in [1.54, 1.807) is 11.3 Å². The van der Waals surface area contributed by atoms with E-state index in [1.165, 1.54) is 4.88 Å². The molecule has 1 atom stereocenters. The number of ether oxygens (including phenoxy) is 1. The zero-order valence-corrected chi connectivity index (χ0v) is 18.1. The second kappa shape index (κ2) is 8.53. The summed E-state index contributed by atoms with van der Waals surface area (Å²) in [6, 6.07) is 0. The van der Waals surface area contributed by atoms with Crippen molar-refractivity contribution in [3.63, 3.8) is 0 Å². The van der Waals surface area contributed by atoms with Crippen molar-refractivity contribution in [1.82, 2.24) is 5.32 Å². The van der Waals surface area contributed by atoms with Crippen LogP contribution in [0.3, 0.4) is 0 Å². The van der Waals surface area contributed by atoms with E-state index in [-0.39, 0.29) is 11.4 Å². The zero-order chi connectivity index (χ0) is 19.5. The van der Waals surface area contributed by atoms with Gasteiger partial charge in [-0.2, -0.15) is 0 Å². The van der Waals surface area contributed by atoms with E-state index < -0.39 is 0 Å². The first-order valence-electron chi connectivity index (χ1n) is 9.14. The lowest BCUT2D eigenvalue weighted by Gasteiger charge is -2.33. The van der Waals surface area contributed by atoms with E-state index in [0.717, 1.165) is 35.4 Å². The fourth-order valence-electron chi connectivity index (χ4n) is 3.21. The first-order chi connectivity index (χ1) is 12.1. The van der Waals surface area contributed by atoms with Gasteiger partial charge in [0.25, 0.3) is 0 Å². The van der Waals surface area contributed by atoms with Crippen LogP contribution in [-0.4, -0.2) is 24.2 Å². The number of carbonyl (C=O) groups is 1. The summed E-state index contributed by atoms with van der Waals surface area (Å²) in [6.07, 6.45) is 3.01. The van der Waals surface area contributed by atoms with Gasteiger partial charge < -0.3 is 15.4 Å². The smallest absolute Gasteiger partial charge is 0.341 e. The van der Waals surface area contributed by atoms with Gasteiger partial charge in [0, 0.05) is 11.4 Å². The van der Waals surface area contributed by atoms with Gasteiger partial charge in [-0.25, -0.2) is 4.79 Å². The summed E-state index contributed by atoms with van der Waals surface area (Å²) >= 11 is 7.02. The molecule has 0 spiro atoms. The molecule has 0 aliphatic heterocycles. The van der Waals surface area contributed by atoms with Crippen LogP contribution in [-0.2, 0) is 17.6 Å². The third kappa shape index (κ3) is 5.07. The second-order valence-corrected chi connectivity index (χ2v) is 9.51. The van der Waals surface area contributed by atoms with Gasteiger partial charge in [-0.15, -0.1) is 11.3 Å². The number of carbonyl (C=O) groups excluding carboxylic acids is 1. The van der Waals surface area contributed by atoms with Crippen molar-refractivity contribution in [3.05, 3.63) is 28.2 Å². The zero-order valence-electron chi connectivity index (χ0n) is 16.5. The van der Waals surface area contributed by atoms with Crippen LogP contribution in [0.25, 0.3) is 0 Å². The van der Waals surface area contributed by atoms with Gasteiger partial charge in [-0.05, 0) is 62.2 Å². The Kier molecular flexibility index (Phi) is 6.86. The van der Waals surface area contributed by atoms with Crippen LogP contribution < -0.4 is 10.6 Å². The molecule has 0 unspecified atom stereocenters. The molecule has 0 fully saturated rings. The lowest BCUT2D eigenvalue weighted by atomic mass is 9.72. The number of anilines is 1. The van der Waals surface area contributed by atoms with E-state index in [4.69, 9.17) is 17.0 Å². The van der Waals surface area contributed by atoms with Gasteiger partial charge in [0.2, 0.25) is 0 Å². The average molecular weight is 395 g/mol. The topological polar surface area (TPSA) is 50.4 Å². The number of rotatable bonds is 5. The van der Waals surface area contributed by atoms with E-state index in [9.17, 15) is 4.79 Å². The minimum atomic E-state index is -0.260. The molecule has 0 saturated heterocycles. The van der Waals surface area contributed by atoms with Crippen LogP contribution in [0.15, 0.2) is 12.2 Å². The Balaban J connectivity index is 2.29. The highest BCUT2D eigenvalue weighted by molar-refractivity contribution is 7.80. The second-order valence-electron chi connectivity index (χ2n) is 8.00. The van der Waals surface area contributed by atoms with Gasteiger partial charge in [0.05, 0.1) is 12.2 Å². The molecule has 1 aromatic heterocycles. The molecule has 26 heavy (non-hydrogen) atoms. The molecule has 1 heterocycles. The monoisotopic (exact) mass is 394 g/mol. The van der Waals surface area contributed by atoms with Crippen LogP contribution in [0.1, 0.15) is 61.8 Å². The van der Waals surface area contributed by atoms with Crippen LogP contribution in [0, 0.1) is 11.3 Å². The highest BCUT2D eigenvalue weighted by atomic mass is 32.1. The summed E-state index contributed by atoms with van der Waals surface area (Å²) in [6.45, 7) is 15.5. The van der Waals surface area contributed by atoms with E-state index in [1.807, 2.05) is 13.8 Å². The van der Waals surface area contributed by atoms with Crippen molar-refractivity contribution in [2.45, 2.75) is 53.9 Å². The fourth-order valence-corrected chi connectivity index (χ4v) is 4.77. The number of hydrogen-bond donors (Lipinski definition) is 2. The molecule has 0 amide bonds. The number of fused-ring (bicyclic) bond motifs is 1. The number of esters is 1. The SMILES string of the molecule is C=C(C)CNC(=S)Nc1sc2c(c1C(=O)OCC)CC[C@@H](C(C)(C)C)C2. The molecular formula is C20H30N2O2S2. The summed E-state index contributed by atoms with van der Waals surface area (Å²) in [7, 11) is 0. The summed E-state index contributed by atoms with van der Waals surface area (Å²) in [5, 5.41) is 7.63. The lowest BCUT2D eigenvalue weighted by Crippen LogP contribution is -2.30. The van der Waals surface area contributed by atoms with E-state index >= 15 is 0 Å². The van der Waals surface area contributed by atoms with Crippen LogP contribution in [0.2, 0.25) is 0 Å². The third-order valence-corrected chi connectivity index (χ3v) is 6.16. The van der Waals surface area contributed by atoms with Crippen molar-refractivity contribution in [3.8, 4) is 0 Å². The van der Waals surface area contributed by atoms with Crippen LogP contribution in [0.5, 0.6) is 0 Å². The Morgan fingerprint density at radius 3 is 2.69 bits per heavy atom. The molecule has 1 aliphatic carbocycles. The number of nitrogens with one attached hydrogen (secondary N) is 2. The molecule has 4 nitrogen and oxygen atoms in total. The first kappa shape index (κ1) is 20.9. The van der Waals surface area contributed by atoms with Crippen molar-refractivity contribution in [2.24, 2.45) is 11.3 Å². The predicted octanol–water partition coefficient (Wildman–Crippen LogP) is 4.94. The highest BCUT2D eigenvalue weighted by Crippen LogP contribution is 2.44. The molecule has 6 heteroatoms. The number of hydrogen-bond acceptors (Lipinski definition) is 4. The summed E-state index contributed by atoms with van der Waals surface area (Å²) in [4.78, 5) is 13.9. The third-order valence-electron chi connectivity index (χ3n) is 4.75. The summed E-state index contributed by atoms with van der Waals surface area (Å²) < 4.78 is 5.32. The van der Waals surface area contributed by atoms with E-state index in [2.05, 4.69) is 38.0 Å². The van der Waals surface area contributed by atoms with E-state index in [0.29, 0.717) is 29.7 Å². The molecule has 2 rings (SSSR count). The van der Waals surface area contributed by atoms with Crippen molar-refractivity contribution in [2.75, 3.05) is 18.5 Å². The maximum absolute atomic E-state index is 12.6. The molecule has 0 bridgehead atoms. The number of thiocarbonyl (C=S) groups is 1. The quantitative estimate of drug-likeness (QED) is 0.421. The standard InChI is InChI=1S/C20H30N2O2S2/c1-7-24-18(23)16-14-9-8-13(20(4,5)6)10-15(14)26-17(16)22-19(25)21-11-12(2)3/h13H,2,7-11H2,1,3-6H3,(H2,21,22,25)/t13-/m1/s1. The minimum absolute atomic E-state index is 0.260. The average Bonchev–Trinajstić information content (AvgIpc) is 2.89. The Hall–Kier alpha value is -1.40. The molecule has 0 radical (unpaired) electrons. The Labute approximate surface area is 166 Å². The maximum atomic E-state index is 12.6. The first-order valence-corrected chi connectivity index (χ1v) is 10.4. The van der Waals surface area contributed by atoms with Crippen molar-refractivity contribution < 1.29 is 9.53 Å². The molecule has 1 aromatic rings. The normalized spacial score (nSPS) is 16.6. The van der Waals surface area contributed by atoms with Crippen LogP contribution in [0.4, 0.5) is 5.00 Å². The summed E-state index contributed by atoms with van der Waals surface area (Å²) in [5.74, 6) is 0.356. The molecule has 144 valence electrons. The largest absolute Gasteiger partial charge is 0.462 e. The predicted molar refractivity (Wildman–Crippen MR) is 114 cm³/mol. The lowest BCUT2D eigenvalue weighted by molar-refractivity contribution is 0.0526. The van der Waals surface area contributed by atoms with Gasteiger partial charge in [-0.1, -0.05) is 32.9 Å². The summed E-state index contributed by atoms with van der Waals surface area (Å²) in [5.41, 5.74) is 3.06. The molecule has 2 N–H and O–H groups in total. The molecule has 0 aromatic carbocycles. The van der Waals surface area contributed by atoms with Gasteiger partial charge in [0.1, 0.15) is 5.00 Å². The number of thiophene rings is 1. The molecule has 0 saturated carbocycles. The molecule has 1 aliphatic rings. The Bertz CT molecular complexity index is 701. The molecular weight excluding hydrogens is 364 g/mol. The van der Waals surface area contributed by atoms with Crippen molar-refractivity contribution in [1.29, 1.82) is 0 Å². The minimum Gasteiger partial charge on any atom is -0.462 e. The van der Waals surface area contributed by atoms with Gasteiger partial charge in [-0.3, -0.25) is 0 Å². The van der Waals surface area contributed by atoms with Gasteiger partial charge >= 0.3 is 5.97 Å². The highest BCUT2D eigenvalue weighted by Gasteiger charge is 2.34. The fraction of sp³-hybridized carbons (Fsp3) is 0.600. The Morgan fingerprint density at radius 2 is 2.12 bits per heavy atom. The Morgan fingerprint density at radius 1 is 1.42 bits per heavy atom.